The fraction of sp³-hybridized carbons (Fsp3) is 0.0811. The summed E-state index contributed by atoms with van der Waals surface area (Å²) in [6.45, 7) is 3.95. The van der Waals surface area contributed by atoms with Crippen LogP contribution in [0.5, 0.6) is 0 Å². The number of hydrogen-bond acceptors (Lipinski definition) is 1. The van der Waals surface area contributed by atoms with E-state index in [1.807, 2.05) is 0 Å². The largest absolute Gasteiger partial charge is 0.363 e. The summed E-state index contributed by atoms with van der Waals surface area (Å²) in [4.78, 5) is 2.47. The van der Waals surface area contributed by atoms with Crippen LogP contribution < -0.4 is 4.90 Å². The number of anilines is 1. The molecule has 0 atom stereocenters. The normalized spacial score (nSPS) is 10.9. The minimum Gasteiger partial charge on any atom is -0.363 e. The van der Waals surface area contributed by atoms with Crippen LogP contribution in [0, 0.1) is 6.92 Å². The van der Waals surface area contributed by atoms with Crippen LogP contribution >= 0.6 is 0 Å². The SMILES string of the molecule is Cc1cc(C=CC=C(c2ccccc2)c2ccccc2)ccc1N(Cc1ccccc1)Cc1ccccc1. The highest BCUT2D eigenvalue weighted by molar-refractivity contribution is 5.81. The van der Waals surface area contributed by atoms with E-state index in [4.69, 9.17) is 0 Å². The van der Waals surface area contributed by atoms with Crippen molar-refractivity contribution < 1.29 is 0 Å². The van der Waals surface area contributed by atoms with E-state index >= 15 is 0 Å². The second kappa shape index (κ2) is 12.6. The molecule has 186 valence electrons. The topological polar surface area (TPSA) is 3.24 Å². The van der Waals surface area contributed by atoms with Crippen LogP contribution in [0.1, 0.15) is 33.4 Å². The van der Waals surface area contributed by atoms with E-state index in [-0.39, 0.29) is 0 Å². The van der Waals surface area contributed by atoms with Crippen LogP contribution in [0.2, 0.25) is 0 Å². The van der Waals surface area contributed by atoms with Gasteiger partial charge in [-0.15, -0.1) is 0 Å². The molecule has 0 N–H and O–H groups in total. The first kappa shape index (κ1) is 25.0. The number of rotatable bonds is 9. The summed E-state index contributed by atoms with van der Waals surface area (Å²) in [5.74, 6) is 0. The molecule has 0 aromatic heterocycles. The maximum absolute atomic E-state index is 2.47. The minimum absolute atomic E-state index is 0.867. The Morgan fingerprint density at radius 2 is 1.05 bits per heavy atom. The molecule has 0 unspecified atom stereocenters. The van der Waals surface area contributed by atoms with Crippen molar-refractivity contribution in [3.63, 3.8) is 0 Å². The predicted octanol–water partition coefficient (Wildman–Crippen LogP) is 9.35. The summed E-state index contributed by atoms with van der Waals surface area (Å²) in [7, 11) is 0. The third kappa shape index (κ3) is 6.57. The molecule has 0 saturated carbocycles. The first-order chi connectivity index (χ1) is 18.8. The second-order valence-corrected chi connectivity index (χ2v) is 9.54. The van der Waals surface area contributed by atoms with Crippen molar-refractivity contribution in [2.75, 3.05) is 4.90 Å². The molecule has 0 fully saturated rings. The molecule has 0 radical (unpaired) electrons. The zero-order valence-electron chi connectivity index (χ0n) is 21.9. The molecular formula is C37H33N. The number of nitrogens with zero attached hydrogens (tertiary/aromatic N) is 1. The Hall–Kier alpha value is -4.62. The van der Waals surface area contributed by atoms with Crippen LogP contribution in [0.3, 0.4) is 0 Å². The molecule has 0 saturated heterocycles. The average molecular weight is 492 g/mol. The van der Waals surface area contributed by atoms with Crippen LogP contribution in [0.4, 0.5) is 5.69 Å². The highest BCUT2D eigenvalue weighted by Gasteiger charge is 2.11. The number of benzene rings is 5. The fourth-order valence-corrected chi connectivity index (χ4v) is 4.82. The predicted molar refractivity (Wildman–Crippen MR) is 163 cm³/mol. The van der Waals surface area contributed by atoms with Gasteiger partial charge < -0.3 is 4.90 Å². The van der Waals surface area contributed by atoms with Crippen molar-refractivity contribution in [1.82, 2.24) is 0 Å². The van der Waals surface area contributed by atoms with Gasteiger partial charge in [-0.2, -0.15) is 0 Å². The molecule has 1 heteroatoms. The van der Waals surface area contributed by atoms with Crippen molar-refractivity contribution in [2.24, 2.45) is 0 Å². The van der Waals surface area contributed by atoms with Crippen LogP contribution in [-0.4, -0.2) is 0 Å². The molecule has 0 spiro atoms. The van der Waals surface area contributed by atoms with Crippen molar-refractivity contribution in [3.8, 4) is 0 Å². The average Bonchev–Trinajstić information content (AvgIpc) is 2.97. The van der Waals surface area contributed by atoms with Gasteiger partial charge in [-0.25, -0.2) is 0 Å². The van der Waals surface area contributed by atoms with Crippen LogP contribution in [-0.2, 0) is 13.1 Å². The lowest BCUT2D eigenvalue weighted by Crippen LogP contribution is -2.23. The van der Waals surface area contributed by atoms with Crippen LogP contribution in [0.25, 0.3) is 11.6 Å². The van der Waals surface area contributed by atoms with E-state index in [2.05, 4.69) is 170 Å². The Morgan fingerprint density at radius 1 is 0.579 bits per heavy atom. The molecule has 5 aromatic rings. The molecular weight excluding hydrogens is 458 g/mol. The Bertz CT molecular complexity index is 1400. The van der Waals surface area contributed by atoms with Crippen LogP contribution in [0.15, 0.2) is 152 Å². The number of aryl methyl sites for hydroxylation is 1. The standard InChI is InChI=1S/C37H33N/c1-30-27-31(19-14-24-36(34-20-10-4-11-21-34)35-22-12-5-13-23-35)25-26-37(30)38(28-32-15-6-2-7-16-32)29-33-17-8-3-9-18-33/h2-27H,28-29H2,1H3. The molecule has 0 heterocycles. The zero-order chi connectivity index (χ0) is 26.0. The van der Waals surface area contributed by atoms with E-state index in [1.165, 1.54) is 44.6 Å². The number of hydrogen-bond donors (Lipinski definition) is 0. The van der Waals surface area contributed by atoms with Gasteiger partial charge in [0.1, 0.15) is 0 Å². The molecule has 38 heavy (non-hydrogen) atoms. The zero-order valence-corrected chi connectivity index (χ0v) is 21.9. The summed E-state index contributed by atoms with van der Waals surface area (Å²) in [6.07, 6.45) is 6.57. The van der Waals surface area contributed by atoms with Gasteiger partial charge in [-0.1, -0.05) is 146 Å². The maximum Gasteiger partial charge on any atom is 0.0433 e. The van der Waals surface area contributed by atoms with Crippen molar-refractivity contribution >= 4 is 17.3 Å². The lowest BCUT2D eigenvalue weighted by atomic mass is 9.97. The Kier molecular flexibility index (Phi) is 8.28. The van der Waals surface area contributed by atoms with Crippen molar-refractivity contribution in [3.05, 3.63) is 185 Å². The summed E-state index contributed by atoms with van der Waals surface area (Å²) >= 11 is 0. The molecule has 0 aliphatic heterocycles. The summed E-state index contributed by atoms with van der Waals surface area (Å²) in [6, 6.07) is 49.3. The molecule has 0 aliphatic rings. The van der Waals surface area contributed by atoms with E-state index in [1.54, 1.807) is 0 Å². The van der Waals surface area contributed by atoms with Gasteiger partial charge in [-0.3, -0.25) is 0 Å². The fourth-order valence-electron chi connectivity index (χ4n) is 4.82. The van der Waals surface area contributed by atoms with Gasteiger partial charge in [0.05, 0.1) is 0 Å². The Labute approximate surface area is 227 Å². The van der Waals surface area contributed by atoms with Crippen molar-refractivity contribution in [2.45, 2.75) is 20.0 Å². The molecule has 0 aliphatic carbocycles. The van der Waals surface area contributed by atoms with E-state index < -0.39 is 0 Å². The lowest BCUT2D eigenvalue weighted by molar-refractivity contribution is 0.796. The smallest absolute Gasteiger partial charge is 0.0433 e. The molecule has 0 bridgehead atoms. The maximum atomic E-state index is 2.47. The third-order valence-corrected chi connectivity index (χ3v) is 6.72. The van der Waals surface area contributed by atoms with E-state index in [0.717, 1.165) is 13.1 Å². The Balaban J connectivity index is 1.41. The molecule has 5 rings (SSSR count). The highest BCUT2D eigenvalue weighted by atomic mass is 15.1. The molecule has 1 nitrogen and oxygen atoms in total. The van der Waals surface area contributed by atoms with Gasteiger partial charge >= 0.3 is 0 Å². The second-order valence-electron chi connectivity index (χ2n) is 9.54. The molecule has 5 aromatic carbocycles. The van der Waals surface area contributed by atoms with Crippen molar-refractivity contribution in [1.29, 1.82) is 0 Å². The van der Waals surface area contributed by atoms with E-state index in [9.17, 15) is 0 Å². The summed E-state index contributed by atoms with van der Waals surface area (Å²) < 4.78 is 0. The molecule has 0 amide bonds. The van der Waals surface area contributed by atoms with Gasteiger partial charge in [0.2, 0.25) is 0 Å². The van der Waals surface area contributed by atoms with Gasteiger partial charge in [0, 0.05) is 18.8 Å². The lowest BCUT2D eigenvalue weighted by Gasteiger charge is -2.27. The van der Waals surface area contributed by atoms with Gasteiger partial charge in [-0.05, 0) is 58.0 Å². The highest BCUT2D eigenvalue weighted by Crippen LogP contribution is 2.27. The summed E-state index contributed by atoms with van der Waals surface area (Å²) in [5, 5.41) is 0. The third-order valence-electron chi connectivity index (χ3n) is 6.72. The first-order valence-corrected chi connectivity index (χ1v) is 13.2. The van der Waals surface area contributed by atoms with Gasteiger partial charge in [0.15, 0.2) is 0 Å². The minimum atomic E-state index is 0.867. The Morgan fingerprint density at radius 3 is 1.53 bits per heavy atom. The monoisotopic (exact) mass is 491 g/mol. The van der Waals surface area contributed by atoms with Gasteiger partial charge in [0.25, 0.3) is 0 Å². The first-order valence-electron chi connectivity index (χ1n) is 13.2. The van der Waals surface area contributed by atoms with E-state index in [0.29, 0.717) is 0 Å². The quantitative estimate of drug-likeness (QED) is 0.186. The number of allylic oxidation sites excluding steroid dienone is 2. The summed E-state index contributed by atoms with van der Waals surface area (Å²) in [5.41, 5.74) is 10.0.